The lowest BCUT2D eigenvalue weighted by atomic mass is 10.2. The van der Waals surface area contributed by atoms with Crippen LogP contribution in [0.3, 0.4) is 0 Å². The molecule has 0 spiro atoms. The average molecular weight is 310 g/mol. The minimum absolute atomic E-state index is 0.134. The highest BCUT2D eigenvalue weighted by Crippen LogP contribution is 2.27. The van der Waals surface area contributed by atoms with Crippen LogP contribution in [0, 0.1) is 0 Å². The molecule has 2 rings (SSSR count). The summed E-state index contributed by atoms with van der Waals surface area (Å²) in [5, 5.41) is 15.8. The Kier molecular flexibility index (Phi) is 5.25. The number of thiophene rings is 1. The van der Waals surface area contributed by atoms with Crippen molar-refractivity contribution in [2.75, 3.05) is 6.54 Å². The zero-order valence-corrected chi connectivity index (χ0v) is 12.3. The quantitative estimate of drug-likeness (QED) is 0.771. The molecule has 5 nitrogen and oxygen atoms in total. The Labute approximate surface area is 124 Å². The number of aliphatic carboxylic acids is 1. The van der Waals surface area contributed by atoms with Gasteiger partial charge in [0.15, 0.2) is 0 Å². The van der Waals surface area contributed by atoms with E-state index in [0.29, 0.717) is 25.1 Å². The van der Waals surface area contributed by atoms with Crippen LogP contribution in [0.2, 0.25) is 0 Å². The SMILES string of the molecule is O=C(O)CCCCNC(=O)c1csc(-c2cccs2)n1. The van der Waals surface area contributed by atoms with Crippen LogP contribution < -0.4 is 5.32 Å². The minimum Gasteiger partial charge on any atom is -0.481 e. The van der Waals surface area contributed by atoms with E-state index in [2.05, 4.69) is 10.3 Å². The Hall–Kier alpha value is -1.73. The van der Waals surface area contributed by atoms with E-state index in [-0.39, 0.29) is 12.3 Å². The molecule has 0 aliphatic rings. The number of unbranched alkanes of at least 4 members (excludes halogenated alkanes) is 1. The fourth-order valence-corrected chi connectivity index (χ4v) is 3.20. The van der Waals surface area contributed by atoms with Crippen LogP contribution in [0.1, 0.15) is 29.8 Å². The molecule has 0 atom stereocenters. The van der Waals surface area contributed by atoms with Crippen molar-refractivity contribution in [3.05, 3.63) is 28.6 Å². The summed E-state index contributed by atoms with van der Waals surface area (Å²) in [7, 11) is 0. The van der Waals surface area contributed by atoms with Crippen molar-refractivity contribution < 1.29 is 14.7 Å². The zero-order valence-electron chi connectivity index (χ0n) is 10.7. The van der Waals surface area contributed by atoms with Gasteiger partial charge in [-0.05, 0) is 24.3 Å². The molecule has 2 N–H and O–H groups in total. The third kappa shape index (κ3) is 4.14. The van der Waals surface area contributed by atoms with Gasteiger partial charge in [-0.2, -0.15) is 0 Å². The zero-order chi connectivity index (χ0) is 14.4. The summed E-state index contributed by atoms with van der Waals surface area (Å²) in [4.78, 5) is 27.5. The van der Waals surface area contributed by atoms with Crippen LogP contribution in [0.15, 0.2) is 22.9 Å². The third-order valence-corrected chi connectivity index (χ3v) is 4.45. The number of nitrogens with zero attached hydrogens (tertiary/aromatic N) is 1. The second-order valence-electron chi connectivity index (χ2n) is 4.12. The van der Waals surface area contributed by atoms with Gasteiger partial charge in [0.1, 0.15) is 10.7 Å². The van der Waals surface area contributed by atoms with Gasteiger partial charge in [-0.25, -0.2) is 4.98 Å². The first-order valence-corrected chi connectivity index (χ1v) is 7.92. The van der Waals surface area contributed by atoms with E-state index in [1.807, 2.05) is 17.5 Å². The molecule has 2 aromatic heterocycles. The minimum atomic E-state index is -0.809. The van der Waals surface area contributed by atoms with Crippen molar-refractivity contribution in [2.45, 2.75) is 19.3 Å². The van der Waals surface area contributed by atoms with E-state index in [4.69, 9.17) is 5.11 Å². The van der Waals surface area contributed by atoms with Crippen LogP contribution in [0.25, 0.3) is 9.88 Å². The summed E-state index contributed by atoms with van der Waals surface area (Å²) in [5.74, 6) is -1.02. The van der Waals surface area contributed by atoms with Crippen LogP contribution >= 0.6 is 22.7 Å². The number of nitrogens with one attached hydrogen (secondary N) is 1. The normalized spacial score (nSPS) is 10.4. The van der Waals surface area contributed by atoms with Gasteiger partial charge in [-0.1, -0.05) is 6.07 Å². The number of carboxylic acid groups (broad SMARTS) is 1. The molecule has 0 fully saturated rings. The fourth-order valence-electron chi connectivity index (χ4n) is 1.59. The van der Waals surface area contributed by atoms with E-state index in [9.17, 15) is 9.59 Å². The number of carbonyl (C=O) groups is 2. The molecule has 1 amide bonds. The number of carbonyl (C=O) groups excluding carboxylic acids is 1. The maximum Gasteiger partial charge on any atom is 0.303 e. The Morgan fingerprint density at radius 3 is 2.85 bits per heavy atom. The first-order chi connectivity index (χ1) is 9.66. The summed E-state index contributed by atoms with van der Waals surface area (Å²) >= 11 is 3.03. The maximum absolute atomic E-state index is 11.8. The fraction of sp³-hybridized carbons (Fsp3) is 0.308. The third-order valence-electron chi connectivity index (χ3n) is 2.57. The number of thiazole rings is 1. The van der Waals surface area contributed by atoms with E-state index in [0.717, 1.165) is 9.88 Å². The summed E-state index contributed by atoms with van der Waals surface area (Å²) in [6.07, 6.45) is 1.35. The standard InChI is InChI=1S/C13H14N2O3S2/c16-11(17)5-1-2-6-14-12(18)9-8-20-13(15-9)10-4-3-7-19-10/h3-4,7-8H,1-2,5-6H2,(H,14,18)(H,16,17). The lowest BCUT2D eigenvalue weighted by Crippen LogP contribution is -2.24. The second-order valence-corrected chi connectivity index (χ2v) is 5.93. The van der Waals surface area contributed by atoms with Gasteiger partial charge < -0.3 is 10.4 Å². The summed E-state index contributed by atoms with van der Waals surface area (Å²) in [6, 6.07) is 3.92. The van der Waals surface area contributed by atoms with Gasteiger partial charge in [-0.15, -0.1) is 22.7 Å². The van der Waals surface area contributed by atoms with Crippen molar-refractivity contribution in [2.24, 2.45) is 0 Å². The second kappa shape index (κ2) is 7.16. The van der Waals surface area contributed by atoms with E-state index in [1.54, 1.807) is 16.7 Å². The molecule has 2 aromatic rings. The Morgan fingerprint density at radius 1 is 1.30 bits per heavy atom. The maximum atomic E-state index is 11.8. The predicted molar refractivity (Wildman–Crippen MR) is 79.2 cm³/mol. The van der Waals surface area contributed by atoms with Crippen LogP contribution in [-0.4, -0.2) is 28.5 Å². The van der Waals surface area contributed by atoms with Gasteiger partial charge in [0.05, 0.1) is 4.88 Å². The van der Waals surface area contributed by atoms with Crippen molar-refractivity contribution in [3.8, 4) is 9.88 Å². The first kappa shape index (κ1) is 14.7. The largest absolute Gasteiger partial charge is 0.481 e. The molecule has 0 aliphatic heterocycles. The van der Waals surface area contributed by atoms with Crippen molar-refractivity contribution in [1.82, 2.24) is 10.3 Å². The molecule has 106 valence electrons. The van der Waals surface area contributed by atoms with Crippen molar-refractivity contribution in [1.29, 1.82) is 0 Å². The Balaban J connectivity index is 1.80. The number of hydrogen-bond donors (Lipinski definition) is 2. The van der Waals surface area contributed by atoms with Crippen molar-refractivity contribution in [3.63, 3.8) is 0 Å². The van der Waals surface area contributed by atoms with Crippen LogP contribution in [-0.2, 0) is 4.79 Å². The molecule has 0 saturated heterocycles. The van der Waals surface area contributed by atoms with Gasteiger partial charge >= 0.3 is 5.97 Å². The van der Waals surface area contributed by atoms with Crippen molar-refractivity contribution >= 4 is 34.6 Å². The molecular weight excluding hydrogens is 296 g/mol. The smallest absolute Gasteiger partial charge is 0.303 e. The highest BCUT2D eigenvalue weighted by molar-refractivity contribution is 7.20. The van der Waals surface area contributed by atoms with E-state index < -0.39 is 5.97 Å². The molecule has 20 heavy (non-hydrogen) atoms. The van der Waals surface area contributed by atoms with E-state index >= 15 is 0 Å². The highest BCUT2D eigenvalue weighted by atomic mass is 32.1. The number of aromatic nitrogens is 1. The Morgan fingerprint density at radius 2 is 2.15 bits per heavy atom. The summed E-state index contributed by atoms with van der Waals surface area (Å²) in [6.45, 7) is 0.470. The van der Waals surface area contributed by atoms with Gasteiger partial charge in [-0.3, -0.25) is 9.59 Å². The molecule has 7 heteroatoms. The number of amides is 1. The highest BCUT2D eigenvalue weighted by Gasteiger charge is 2.11. The molecule has 2 heterocycles. The molecule has 0 aromatic carbocycles. The van der Waals surface area contributed by atoms with E-state index in [1.165, 1.54) is 11.3 Å². The van der Waals surface area contributed by atoms with Gasteiger partial charge in [0, 0.05) is 18.3 Å². The monoisotopic (exact) mass is 310 g/mol. The topological polar surface area (TPSA) is 79.3 Å². The first-order valence-electron chi connectivity index (χ1n) is 6.16. The number of rotatable bonds is 7. The molecule has 0 aliphatic carbocycles. The summed E-state index contributed by atoms with van der Waals surface area (Å²) < 4.78 is 0. The van der Waals surface area contributed by atoms with Gasteiger partial charge in [0.2, 0.25) is 0 Å². The van der Waals surface area contributed by atoms with Gasteiger partial charge in [0.25, 0.3) is 5.91 Å². The molecular formula is C13H14N2O3S2. The average Bonchev–Trinajstić information content (AvgIpc) is 3.08. The molecule has 0 saturated carbocycles. The van der Waals surface area contributed by atoms with Crippen LogP contribution in [0.4, 0.5) is 0 Å². The Bertz CT molecular complexity index is 578. The predicted octanol–water partition coefficient (Wildman–Crippen LogP) is 2.86. The molecule has 0 radical (unpaired) electrons. The molecule has 0 unspecified atom stereocenters. The summed E-state index contributed by atoms with van der Waals surface area (Å²) in [5.41, 5.74) is 0.414. The van der Waals surface area contributed by atoms with Crippen LogP contribution in [0.5, 0.6) is 0 Å². The lowest BCUT2D eigenvalue weighted by molar-refractivity contribution is -0.137. The molecule has 0 bridgehead atoms. The number of hydrogen-bond acceptors (Lipinski definition) is 5. The number of carboxylic acids is 1. The lowest BCUT2D eigenvalue weighted by Gasteiger charge is -2.01.